The van der Waals surface area contributed by atoms with Crippen molar-refractivity contribution in [1.82, 2.24) is 0 Å². The molecule has 32 heavy (non-hydrogen) atoms. The number of aryl methyl sites for hydroxylation is 1. The van der Waals surface area contributed by atoms with E-state index in [2.05, 4.69) is 35.7 Å². The van der Waals surface area contributed by atoms with Gasteiger partial charge in [-0.3, -0.25) is 4.79 Å². The summed E-state index contributed by atoms with van der Waals surface area (Å²) in [5.74, 6) is 0.976. The lowest BCUT2D eigenvalue weighted by atomic mass is 9.68. The topological polar surface area (TPSA) is 75.8 Å². The molecule has 5 nitrogen and oxygen atoms in total. The van der Waals surface area contributed by atoms with Crippen LogP contribution in [0.3, 0.4) is 0 Å². The van der Waals surface area contributed by atoms with E-state index < -0.39 is 12.0 Å². The normalized spacial score (nSPS) is 27.3. The molecule has 1 saturated carbocycles. The van der Waals surface area contributed by atoms with E-state index in [0.717, 1.165) is 56.6 Å². The number of aliphatic hydroxyl groups is 1. The van der Waals surface area contributed by atoms with Crippen molar-refractivity contribution in [2.24, 2.45) is 17.6 Å². The molecule has 5 rings (SSSR count). The van der Waals surface area contributed by atoms with Crippen LogP contribution >= 0.6 is 0 Å². The Morgan fingerprint density at radius 1 is 1.31 bits per heavy atom. The average molecular weight is 433 g/mol. The Bertz CT molecular complexity index is 1040. The zero-order valence-corrected chi connectivity index (χ0v) is 18.5. The smallest absolute Gasteiger partial charge is 0.248 e. The largest absolute Gasteiger partial charge is 0.490 e. The Kier molecular flexibility index (Phi) is 5.46. The average Bonchev–Trinajstić information content (AvgIpc) is 2.94. The van der Waals surface area contributed by atoms with Crippen LogP contribution in [0.25, 0.3) is 0 Å². The molecule has 1 fully saturated rings. The molecule has 1 unspecified atom stereocenters. The molecule has 0 radical (unpaired) electrons. The van der Waals surface area contributed by atoms with Crippen LogP contribution in [0.4, 0.5) is 5.69 Å². The molecule has 2 aromatic rings. The fraction of sp³-hybridized carbons (Fsp3) is 0.444. The predicted molar refractivity (Wildman–Crippen MR) is 126 cm³/mol. The molecule has 168 valence electrons. The van der Waals surface area contributed by atoms with Crippen LogP contribution < -0.4 is 15.4 Å². The molecule has 1 spiro atoms. The van der Waals surface area contributed by atoms with Gasteiger partial charge in [-0.05, 0) is 73.3 Å². The summed E-state index contributed by atoms with van der Waals surface area (Å²) in [5, 5.41) is 10.4. The molecule has 2 aromatic carbocycles. The Labute approximate surface area is 189 Å². The van der Waals surface area contributed by atoms with E-state index in [4.69, 9.17) is 10.5 Å². The number of amides is 1. The summed E-state index contributed by atoms with van der Waals surface area (Å²) in [4.78, 5) is 14.3. The van der Waals surface area contributed by atoms with Crippen molar-refractivity contribution in [2.45, 2.75) is 43.6 Å². The molecule has 5 heteroatoms. The zero-order chi connectivity index (χ0) is 22.3. The monoisotopic (exact) mass is 432 g/mol. The highest BCUT2D eigenvalue weighted by Gasteiger charge is 2.43. The van der Waals surface area contributed by atoms with E-state index in [0.29, 0.717) is 18.1 Å². The van der Waals surface area contributed by atoms with Crippen molar-refractivity contribution < 1.29 is 14.6 Å². The minimum absolute atomic E-state index is 0.100. The highest BCUT2D eigenvalue weighted by atomic mass is 16.5. The number of anilines is 1. The SMILES string of the molecule is C=C[C@H](O)[C@@H]1CC[C@H]1CN1CC2(CCCc3ccccc32)COc2ccc(C(N)=O)cc21. The first-order chi connectivity index (χ1) is 15.5. The van der Waals surface area contributed by atoms with Gasteiger partial charge in [-0.1, -0.05) is 30.3 Å². The number of rotatable bonds is 5. The van der Waals surface area contributed by atoms with Gasteiger partial charge in [0.25, 0.3) is 0 Å². The number of hydrogen-bond acceptors (Lipinski definition) is 4. The van der Waals surface area contributed by atoms with Gasteiger partial charge in [0.2, 0.25) is 5.91 Å². The van der Waals surface area contributed by atoms with Gasteiger partial charge in [0.1, 0.15) is 5.75 Å². The first-order valence-electron chi connectivity index (χ1n) is 11.7. The van der Waals surface area contributed by atoms with Crippen LogP contribution in [0.15, 0.2) is 55.1 Å². The number of primary amides is 1. The second-order valence-electron chi connectivity index (χ2n) is 9.73. The molecule has 3 aliphatic rings. The maximum Gasteiger partial charge on any atom is 0.248 e. The lowest BCUT2D eigenvalue weighted by molar-refractivity contribution is 0.0460. The molecule has 0 aromatic heterocycles. The van der Waals surface area contributed by atoms with Crippen molar-refractivity contribution in [3.63, 3.8) is 0 Å². The van der Waals surface area contributed by atoms with Crippen LogP contribution in [0.5, 0.6) is 5.75 Å². The van der Waals surface area contributed by atoms with Gasteiger partial charge >= 0.3 is 0 Å². The summed E-state index contributed by atoms with van der Waals surface area (Å²) in [7, 11) is 0. The highest BCUT2D eigenvalue weighted by Crippen LogP contribution is 2.46. The number of aliphatic hydroxyl groups excluding tert-OH is 1. The first kappa shape index (κ1) is 21.1. The zero-order valence-electron chi connectivity index (χ0n) is 18.5. The Hall–Kier alpha value is -2.79. The summed E-state index contributed by atoms with van der Waals surface area (Å²) >= 11 is 0. The van der Waals surface area contributed by atoms with Gasteiger partial charge in [-0.15, -0.1) is 6.58 Å². The highest BCUT2D eigenvalue weighted by molar-refractivity contribution is 5.94. The van der Waals surface area contributed by atoms with Crippen molar-refractivity contribution >= 4 is 11.6 Å². The predicted octanol–water partition coefficient (Wildman–Crippen LogP) is 3.83. The summed E-state index contributed by atoms with van der Waals surface area (Å²) in [6.45, 7) is 6.05. The van der Waals surface area contributed by atoms with E-state index in [1.807, 2.05) is 12.1 Å². The van der Waals surface area contributed by atoms with E-state index in [1.165, 1.54) is 11.1 Å². The Balaban J connectivity index is 1.54. The number of nitrogens with two attached hydrogens (primary N) is 1. The quantitative estimate of drug-likeness (QED) is 0.704. The van der Waals surface area contributed by atoms with Gasteiger partial charge in [0.15, 0.2) is 0 Å². The molecule has 1 amide bonds. The number of nitrogens with zero attached hydrogens (tertiary/aromatic N) is 1. The van der Waals surface area contributed by atoms with E-state index in [1.54, 1.807) is 12.1 Å². The van der Waals surface area contributed by atoms with Gasteiger partial charge in [0.05, 0.1) is 18.4 Å². The van der Waals surface area contributed by atoms with Crippen molar-refractivity contribution in [2.75, 3.05) is 24.6 Å². The summed E-state index contributed by atoms with van der Waals surface area (Å²) in [6.07, 6.45) is 6.59. The van der Waals surface area contributed by atoms with E-state index in [9.17, 15) is 9.90 Å². The molecule has 2 aliphatic carbocycles. The fourth-order valence-corrected chi connectivity index (χ4v) is 5.97. The number of ether oxygens (including phenoxy) is 1. The number of carbonyl (C=O) groups is 1. The molecule has 0 bridgehead atoms. The minimum Gasteiger partial charge on any atom is -0.490 e. The molecular formula is C27H32N2O3. The third kappa shape index (κ3) is 3.58. The van der Waals surface area contributed by atoms with E-state index >= 15 is 0 Å². The van der Waals surface area contributed by atoms with Gasteiger partial charge in [-0.25, -0.2) is 0 Å². The second-order valence-corrected chi connectivity index (χ2v) is 9.73. The van der Waals surface area contributed by atoms with Gasteiger partial charge in [0, 0.05) is 24.1 Å². The van der Waals surface area contributed by atoms with Crippen LogP contribution in [0.1, 0.15) is 47.2 Å². The molecular weight excluding hydrogens is 400 g/mol. The van der Waals surface area contributed by atoms with Crippen LogP contribution in [-0.4, -0.2) is 36.8 Å². The summed E-state index contributed by atoms with van der Waals surface area (Å²) in [5.41, 5.74) is 9.73. The maximum absolute atomic E-state index is 11.9. The summed E-state index contributed by atoms with van der Waals surface area (Å²) in [6, 6.07) is 14.3. The first-order valence-corrected chi connectivity index (χ1v) is 11.7. The number of benzene rings is 2. The Morgan fingerprint density at radius 3 is 2.91 bits per heavy atom. The van der Waals surface area contributed by atoms with Crippen molar-refractivity contribution in [1.29, 1.82) is 0 Å². The number of fused-ring (bicyclic) bond motifs is 3. The third-order valence-electron chi connectivity index (χ3n) is 7.88. The van der Waals surface area contributed by atoms with Crippen molar-refractivity contribution in [3.8, 4) is 5.75 Å². The third-order valence-corrected chi connectivity index (χ3v) is 7.88. The second kappa shape index (κ2) is 8.28. The number of hydrogen-bond donors (Lipinski definition) is 2. The molecule has 1 heterocycles. The molecule has 4 atom stereocenters. The molecule has 1 aliphatic heterocycles. The Morgan fingerprint density at radius 2 is 2.16 bits per heavy atom. The van der Waals surface area contributed by atoms with E-state index in [-0.39, 0.29) is 11.3 Å². The van der Waals surface area contributed by atoms with Crippen LogP contribution in [-0.2, 0) is 11.8 Å². The standard InChI is InChI=1S/C27H32N2O3/c1-2-24(30)21-11-9-20(21)15-29-16-27(13-5-7-18-6-3-4-8-22(18)27)17-32-25-12-10-19(26(28)31)14-23(25)29/h2-4,6,8,10,12,14,20-21,24,30H,1,5,7,9,11,13,15-17H2,(H2,28,31)/t20-,21+,24-,27?/m0/s1. The lowest BCUT2D eigenvalue weighted by Gasteiger charge is -2.45. The fourth-order valence-electron chi connectivity index (χ4n) is 5.97. The maximum atomic E-state index is 11.9. The van der Waals surface area contributed by atoms with Crippen LogP contribution in [0.2, 0.25) is 0 Å². The minimum atomic E-state index is -0.474. The van der Waals surface area contributed by atoms with Gasteiger partial charge in [-0.2, -0.15) is 0 Å². The number of carbonyl (C=O) groups excluding carboxylic acids is 1. The molecule has 3 N–H and O–H groups in total. The van der Waals surface area contributed by atoms with Gasteiger partial charge < -0.3 is 20.5 Å². The molecule has 0 saturated heterocycles. The summed E-state index contributed by atoms with van der Waals surface area (Å²) < 4.78 is 6.43. The van der Waals surface area contributed by atoms with Crippen LogP contribution in [0, 0.1) is 11.8 Å². The van der Waals surface area contributed by atoms with Crippen molar-refractivity contribution in [3.05, 3.63) is 71.8 Å². The lowest BCUT2D eigenvalue weighted by Crippen LogP contribution is -2.49.